The Kier molecular flexibility index (Phi) is 3.22. The fourth-order valence-corrected chi connectivity index (χ4v) is 1.52. The number of nitrogens with one attached hydrogen (secondary N) is 1. The van der Waals surface area contributed by atoms with Gasteiger partial charge in [-0.25, -0.2) is 4.79 Å². The molecule has 0 spiro atoms. The highest BCUT2D eigenvalue weighted by Crippen LogP contribution is 2.25. The Morgan fingerprint density at radius 2 is 2.19 bits per heavy atom. The summed E-state index contributed by atoms with van der Waals surface area (Å²) in [4.78, 5) is 11.7. The Bertz CT molecular complexity index is 426. The van der Waals surface area contributed by atoms with Crippen LogP contribution in [0.3, 0.4) is 0 Å². The predicted molar refractivity (Wildman–Crippen MR) is 59.3 cm³/mol. The Labute approximate surface area is 93.5 Å². The van der Waals surface area contributed by atoms with Crippen molar-refractivity contribution in [3.8, 4) is 11.5 Å². The maximum atomic E-state index is 11.7. The van der Waals surface area contributed by atoms with Crippen LogP contribution in [0.4, 0.5) is 0 Å². The zero-order valence-corrected chi connectivity index (χ0v) is 8.77. The van der Waals surface area contributed by atoms with Crippen LogP contribution < -0.4 is 10.1 Å². The maximum Gasteiger partial charge on any atom is 0.339 e. The molecule has 0 fully saturated rings. The first-order valence-electron chi connectivity index (χ1n) is 5.17. The Morgan fingerprint density at radius 1 is 1.38 bits per heavy atom. The van der Waals surface area contributed by atoms with E-state index in [9.17, 15) is 9.90 Å². The van der Waals surface area contributed by atoms with E-state index in [4.69, 9.17) is 4.74 Å². The molecule has 1 aromatic carbocycles. The summed E-state index contributed by atoms with van der Waals surface area (Å²) in [6.45, 7) is 1.47. The summed E-state index contributed by atoms with van der Waals surface area (Å²) >= 11 is 0. The number of phenols is 1. The zero-order valence-electron chi connectivity index (χ0n) is 8.77. The van der Waals surface area contributed by atoms with Crippen molar-refractivity contribution in [1.82, 2.24) is 5.32 Å². The molecular weight excluding hydrogens is 206 g/mol. The predicted octanol–water partition coefficient (Wildman–Crippen LogP) is 1.22. The van der Waals surface area contributed by atoms with E-state index in [2.05, 4.69) is 5.32 Å². The summed E-state index contributed by atoms with van der Waals surface area (Å²) in [5, 5.41) is 12.6. The quantitative estimate of drug-likeness (QED) is 0.580. The Balaban J connectivity index is 2.07. The van der Waals surface area contributed by atoms with Crippen molar-refractivity contribution < 1.29 is 14.6 Å². The molecule has 2 rings (SSSR count). The van der Waals surface area contributed by atoms with Crippen LogP contribution >= 0.6 is 0 Å². The molecule has 0 aromatic heterocycles. The molecule has 0 radical (unpaired) electrons. The number of hydrogen-bond acceptors (Lipinski definition) is 4. The number of para-hydroxylation sites is 2. The number of rotatable bonds is 2. The minimum atomic E-state index is -0.386. The third-order valence-electron chi connectivity index (χ3n) is 2.39. The summed E-state index contributed by atoms with van der Waals surface area (Å²) in [5.41, 5.74) is 0.655. The molecule has 4 heteroatoms. The van der Waals surface area contributed by atoms with Crippen LogP contribution in [0.15, 0.2) is 35.9 Å². The molecule has 1 aromatic rings. The van der Waals surface area contributed by atoms with E-state index in [-0.39, 0.29) is 17.5 Å². The second kappa shape index (κ2) is 4.81. The van der Waals surface area contributed by atoms with E-state index >= 15 is 0 Å². The molecule has 2 N–H and O–H groups in total. The van der Waals surface area contributed by atoms with Crippen LogP contribution in [-0.2, 0) is 4.79 Å². The molecule has 1 aliphatic heterocycles. The maximum absolute atomic E-state index is 11.7. The van der Waals surface area contributed by atoms with E-state index < -0.39 is 0 Å². The topological polar surface area (TPSA) is 58.6 Å². The average Bonchev–Trinajstić information content (AvgIpc) is 2.33. The SMILES string of the molecule is O=C(Oc1ccccc1O)C1=CCNCC1. The zero-order chi connectivity index (χ0) is 11.4. The lowest BCUT2D eigenvalue weighted by Crippen LogP contribution is -2.25. The molecule has 0 amide bonds. The second-order valence-corrected chi connectivity index (χ2v) is 3.54. The minimum Gasteiger partial charge on any atom is -0.504 e. The molecule has 1 heterocycles. The van der Waals surface area contributed by atoms with Gasteiger partial charge >= 0.3 is 5.97 Å². The van der Waals surface area contributed by atoms with Crippen molar-refractivity contribution in [1.29, 1.82) is 0 Å². The summed E-state index contributed by atoms with van der Waals surface area (Å²) in [6.07, 6.45) is 2.47. The van der Waals surface area contributed by atoms with Gasteiger partial charge in [-0.2, -0.15) is 0 Å². The molecule has 84 valence electrons. The molecule has 1 aliphatic rings. The van der Waals surface area contributed by atoms with Crippen LogP contribution in [0, 0.1) is 0 Å². The molecule has 0 aliphatic carbocycles. The van der Waals surface area contributed by atoms with E-state index in [1.807, 2.05) is 6.08 Å². The molecule has 16 heavy (non-hydrogen) atoms. The first-order valence-corrected chi connectivity index (χ1v) is 5.17. The molecule has 0 saturated heterocycles. The third-order valence-corrected chi connectivity index (χ3v) is 2.39. The van der Waals surface area contributed by atoms with Crippen LogP contribution in [0.25, 0.3) is 0 Å². The number of aromatic hydroxyl groups is 1. The van der Waals surface area contributed by atoms with E-state index in [1.165, 1.54) is 6.07 Å². The monoisotopic (exact) mass is 219 g/mol. The van der Waals surface area contributed by atoms with E-state index in [1.54, 1.807) is 18.2 Å². The smallest absolute Gasteiger partial charge is 0.339 e. The number of carbonyl (C=O) groups is 1. The van der Waals surface area contributed by atoms with Gasteiger partial charge < -0.3 is 15.2 Å². The molecule has 0 atom stereocenters. The highest BCUT2D eigenvalue weighted by Gasteiger charge is 2.15. The number of hydrogen-bond donors (Lipinski definition) is 2. The number of esters is 1. The van der Waals surface area contributed by atoms with Crippen LogP contribution in [0.1, 0.15) is 6.42 Å². The van der Waals surface area contributed by atoms with Crippen LogP contribution in [0.2, 0.25) is 0 Å². The van der Waals surface area contributed by atoms with Crippen molar-refractivity contribution in [2.45, 2.75) is 6.42 Å². The molecule has 0 bridgehead atoms. The highest BCUT2D eigenvalue weighted by molar-refractivity contribution is 5.90. The molecule has 0 saturated carbocycles. The van der Waals surface area contributed by atoms with Gasteiger partial charge in [0.05, 0.1) is 0 Å². The Morgan fingerprint density at radius 3 is 2.88 bits per heavy atom. The summed E-state index contributed by atoms with van der Waals surface area (Å²) in [7, 11) is 0. The van der Waals surface area contributed by atoms with Crippen LogP contribution in [-0.4, -0.2) is 24.2 Å². The van der Waals surface area contributed by atoms with Gasteiger partial charge in [0.15, 0.2) is 11.5 Å². The largest absolute Gasteiger partial charge is 0.504 e. The van der Waals surface area contributed by atoms with Gasteiger partial charge in [-0.05, 0) is 25.1 Å². The van der Waals surface area contributed by atoms with Gasteiger partial charge in [0.2, 0.25) is 0 Å². The molecule has 4 nitrogen and oxygen atoms in total. The lowest BCUT2D eigenvalue weighted by atomic mass is 10.1. The number of phenolic OH excluding ortho intramolecular Hbond substituents is 1. The number of benzene rings is 1. The van der Waals surface area contributed by atoms with Gasteiger partial charge in [0.1, 0.15) is 0 Å². The van der Waals surface area contributed by atoms with E-state index in [0.29, 0.717) is 18.5 Å². The van der Waals surface area contributed by atoms with Gasteiger partial charge in [-0.15, -0.1) is 0 Å². The van der Waals surface area contributed by atoms with Crippen molar-refractivity contribution in [3.05, 3.63) is 35.9 Å². The summed E-state index contributed by atoms with van der Waals surface area (Å²) in [6, 6.07) is 6.43. The molecular formula is C12H13NO3. The minimum absolute atomic E-state index is 0.0228. The van der Waals surface area contributed by atoms with Crippen LogP contribution in [0.5, 0.6) is 11.5 Å². The number of ether oxygens (including phenoxy) is 1. The third kappa shape index (κ3) is 2.41. The van der Waals surface area contributed by atoms with Gasteiger partial charge in [0.25, 0.3) is 0 Å². The average molecular weight is 219 g/mol. The lowest BCUT2D eigenvalue weighted by molar-refractivity contribution is -0.130. The van der Waals surface area contributed by atoms with Crippen molar-refractivity contribution in [3.63, 3.8) is 0 Å². The normalized spacial score (nSPS) is 15.4. The second-order valence-electron chi connectivity index (χ2n) is 3.54. The van der Waals surface area contributed by atoms with Gasteiger partial charge in [-0.3, -0.25) is 0 Å². The summed E-state index contributed by atoms with van der Waals surface area (Å²) < 4.78 is 5.10. The first-order chi connectivity index (χ1) is 7.77. The number of carbonyl (C=O) groups excluding carboxylic acids is 1. The summed E-state index contributed by atoms with van der Waals surface area (Å²) in [5.74, 6) is -0.208. The fourth-order valence-electron chi connectivity index (χ4n) is 1.52. The first kappa shape index (κ1) is 10.7. The lowest BCUT2D eigenvalue weighted by Gasteiger charge is -2.13. The standard InChI is InChI=1S/C12H13NO3/c14-10-3-1-2-4-11(10)16-12(15)9-5-7-13-8-6-9/h1-5,13-14H,6-8H2. The Hall–Kier alpha value is -1.81. The van der Waals surface area contributed by atoms with Crippen molar-refractivity contribution >= 4 is 5.97 Å². The fraction of sp³-hybridized carbons (Fsp3) is 0.250. The van der Waals surface area contributed by atoms with Crippen molar-refractivity contribution in [2.24, 2.45) is 0 Å². The van der Waals surface area contributed by atoms with Gasteiger partial charge in [0, 0.05) is 12.1 Å². The van der Waals surface area contributed by atoms with Gasteiger partial charge in [-0.1, -0.05) is 18.2 Å². The van der Waals surface area contributed by atoms with E-state index in [0.717, 1.165) is 6.54 Å². The molecule has 0 unspecified atom stereocenters. The highest BCUT2D eigenvalue weighted by atomic mass is 16.5. The van der Waals surface area contributed by atoms with Crippen molar-refractivity contribution in [2.75, 3.05) is 13.1 Å².